The zero-order valence-corrected chi connectivity index (χ0v) is 10.0. The molecule has 0 radical (unpaired) electrons. The van der Waals surface area contributed by atoms with Gasteiger partial charge in [0, 0.05) is 31.9 Å². The normalized spacial score (nSPS) is 16.9. The highest BCUT2D eigenvalue weighted by Gasteiger charge is 2.28. The van der Waals surface area contributed by atoms with Gasteiger partial charge in [-0.1, -0.05) is 6.07 Å². The molecule has 1 unspecified atom stereocenters. The van der Waals surface area contributed by atoms with E-state index in [1.807, 2.05) is 32.3 Å². The van der Waals surface area contributed by atoms with E-state index in [4.69, 9.17) is 10.5 Å². The molecule has 0 aliphatic heterocycles. The summed E-state index contributed by atoms with van der Waals surface area (Å²) in [6.45, 7) is 0.627. The van der Waals surface area contributed by atoms with Crippen molar-refractivity contribution < 1.29 is 4.74 Å². The Hall–Kier alpha value is -1.22. The SMILES string of the molecule is CN(C)c1cccc(OCC(N)C2CC2)c1. The highest BCUT2D eigenvalue weighted by molar-refractivity contribution is 5.49. The highest BCUT2D eigenvalue weighted by Crippen LogP contribution is 2.31. The van der Waals surface area contributed by atoms with Gasteiger partial charge in [-0.15, -0.1) is 0 Å². The fourth-order valence-electron chi connectivity index (χ4n) is 1.70. The lowest BCUT2D eigenvalue weighted by molar-refractivity contribution is 0.276. The minimum absolute atomic E-state index is 0.197. The molecule has 2 N–H and O–H groups in total. The summed E-state index contributed by atoms with van der Waals surface area (Å²) in [6, 6.07) is 8.29. The summed E-state index contributed by atoms with van der Waals surface area (Å²) < 4.78 is 5.71. The van der Waals surface area contributed by atoms with Crippen LogP contribution in [0.15, 0.2) is 24.3 Å². The van der Waals surface area contributed by atoms with Crippen molar-refractivity contribution in [1.82, 2.24) is 0 Å². The summed E-state index contributed by atoms with van der Waals surface area (Å²) in [4.78, 5) is 2.06. The first-order chi connectivity index (χ1) is 7.66. The van der Waals surface area contributed by atoms with E-state index in [9.17, 15) is 0 Å². The maximum absolute atomic E-state index is 5.99. The maximum Gasteiger partial charge on any atom is 0.121 e. The molecule has 88 valence electrons. The van der Waals surface area contributed by atoms with E-state index in [0.29, 0.717) is 12.5 Å². The lowest BCUT2D eigenvalue weighted by atomic mass is 10.2. The Labute approximate surface area is 97.2 Å². The molecule has 3 nitrogen and oxygen atoms in total. The van der Waals surface area contributed by atoms with E-state index in [-0.39, 0.29) is 6.04 Å². The molecular weight excluding hydrogens is 200 g/mol. The molecule has 3 heteroatoms. The summed E-state index contributed by atoms with van der Waals surface area (Å²) in [7, 11) is 4.05. The highest BCUT2D eigenvalue weighted by atomic mass is 16.5. The Bertz CT molecular complexity index is 348. The zero-order chi connectivity index (χ0) is 11.5. The second-order valence-corrected chi connectivity index (χ2v) is 4.70. The van der Waals surface area contributed by atoms with Crippen LogP contribution in [0.5, 0.6) is 5.75 Å². The first-order valence-electron chi connectivity index (χ1n) is 5.82. The van der Waals surface area contributed by atoms with Gasteiger partial charge in [-0.05, 0) is 30.9 Å². The molecule has 16 heavy (non-hydrogen) atoms. The van der Waals surface area contributed by atoms with Crippen LogP contribution in [0.25, 0.3) is 0 Å². The minimum Gasteiger partial charge on any atom is -0.492 e. The predicted molar refractivity (Wildman–Crippen MR) is 67.0 cm³/mol. The second-order valence-electron chi connectivity index (χ2n) is 4.70. The number of nitrogens with two attached hydrogens (primary N) is 1. The molecular formula is C13H20N2O. The molecule has 0 aromatic heterocycles. The van der Waals surface area contributed by atoms with Crippen molar-refractivity contribution in [2.24, 2.45) is 11.7 Å². The van der Waals surface area contributed by atoms with E-state index >= 15 is 0 Å². The number of anilines is 1. The first kappa shape index (κ1) is 11.3. The van der Waals surface area contributed by atoms with Crippen molar-refractivity contribution in [3.05, 3.63) is 24.3 Å². The van der Waals surface area contributed by atoms with Crippen LogP contribution in [-0.4, -0.2) is 26.7 Å². The van der Waals surface area contributed by atoms with Gasteiger partial charge < -0.3 is 15.4 Å². The first-order valence-corrected chi connectivity index (χ1v) is 5.82. The Morgan fingerprint density at radius 1 is 1.44 bits per heavy atom. The molecule has 0 spiro atoms. The van der Waals surface area contributed by atoms with Gasteiger partial charge in [-0.25, -0.2) is 0 Å². The quantitative estimate of drug-likeness (QED) is 0.823. The molecule has 0 bridgehead atoms. The maximum atomic E-state index is 5.99. The third-order valence-electron chi connectivity index (χ3n) is 3.00. The Balaban J connectivity index is 1.90. The molecule has 1 aromatic rings. The van der Waals surface area contributed by atoms with Gasteiger partial charge in [0.15, 0.2) is 0 Å². The number of hydrogen-bond acceptors (Lipinski definition) is 3. The van der Waals surface area contributed by atoms with Gasteiger partial charge in [0.25, 0.3) is 0 Å². The number of benzene rings is 1. The average Bonchev–Trinajstić information content (AvgIpc) is 3.10. The molecule has 0 saturated heterocycles. The summed E-state index contributed by atoms with van der Waals surface area (Å²) in [5.41, 5.74) is 7.14. The molecule has 1 aromatic carbocycles. The zero-order valence-electron chi connectivity index (χ0n) is 10.0. The van der Waals surface area contributed by atoms with Crippen LogP contribution >= 0.6 is 0 Å². The molecule has 1 aliphatic carbocycles. The van der Waals surface area contributed by atoms with Crippen LogP contribution in [0.3, 0.4) is 0 Å². The van der Waals surface area contributed by atoms with E-state index in [2.05, 4.69) is 11.0 Å². The van der Waals surface area contributed by atoms with E-state index < -0.39 is 0 Å². The Morgan fingerprint density at radius 3 is 2.81 bits per heavy atom. The Kier molecular flexibility index (Phi) is 3.34. The summed E-state index contributed by atoms with van der Waals surface area (Å²) in [5.74, 6) is 1.60. The van der Waals surface area contributed by atoms with E-state index in [1.165, 1.54) is 12.8 Å². The van der Waals surface area contributed by atoms with Gasteiger partial charge in [0.2, 0.25) is 0 Å². The average molecular weight is 220 g/mol. The molecule has 0 heterocycles. The van der Waals surface area contributed by atoms with Crippen molar-refractivity contribution in [1.29, 1.82) is 0 Å². The van der Waals surface area contributed by atoms with Crippen LogP contribution < -0.4 is 15.4 Å². The Morgan fingerprint density at radius 2 is 2.19 bits per heavy atom. The smallest absolute Gasteiger partial charge is 0.121 e. The van der Waals surface area contributed by atoms with Gasteiger partial charge in [0.1, 0.15) is 12.4 Å². The second kappa shape index (κ2) is 4.74. The largest absolute Gasteiger partial charge is 0.492 e. The lowest BCUT2D eigenvalue weighted by Crippen LogP contribution is -2.29. The van der Waals surface area contributed by atoms with E-state index in [0.717, 1.165) is 11.4 Å². The fraction of sp³-hybridized carbons (Fsp3) is 0.538. The van der Waals surface area contributed by atoms with Crippen molar-refractivity contribution in [2.75, 3.05) is 25.6 Å². The van der Waals surface area contributed by atoms with Gasteiger partial charge in [-0.3, -0.25) is 0 Å². The lowest BCUT2D eigenvalue weighted by Gasteiger charge is -2.15. The van der Waals surface area contributed by atoms with E-state index in [1.54, 1.807) is 0 Å². The molecule has 1 aliphatic rings. The minimum atomic E-state index is 0.197. The van der Waals surface area contributed by atoms with Crippen molar-refractivity contribution in [2.45, 2.75) is 18.9 Å². The van der Waals surface area contributed by atoms with Crippen LogP contribution in [0.2, 0.25) is 0 Å². The summed E-state index contributed by atoms with van der Waals surface area (Å²) in [6.07, 6.45) is 2.53. The summed E-state index contributed by atoms with van der Waals surface area (Å²) in [5, 5.41) is 0. The predicted octanol–water partition coefficient (Wildman–Crippen LogP) is 1.87. The number of ether oxygens (including phenoxy) is 1. The van der Waals surface area contributed by atoms with Crippen molar-refractivity contribution >= 4 is 5.69 Å². The molecule has 0 amide bonds. The molecule has 1 fully saturated rings. The number of rotatable bonds is 5. The monoisotopic (exact) mass is 220 g/mol. The van der Waals surface area contributed by atoms with Gasteiger partial charge in [-0.2, -0.15) is 0 Å². The van der Waals surface area contributed by atoms with Crippen LogP contribution in [-0.2, 0) is 0 Å². The third-order valence-corrected chi connectivity index (χ3v) is 3.00. The topological polar surface area (TPSA) is 38.5 Å². The van der Waals surface area contributed by atoms with Crippen molar-refractivity contribution in [3.63, 3.8) is 0 Å². The fourth-order valence-corrected chi connectivity index (χ4v) is 1.70. The van der Waals surface area contributed by atoms with Crippen LogP contribution in [0, 0.1) is 5.92 Å². The van der Waals surface area contributed by atoms with Crippen LogP contribution in [0.1, 0.15) is 12.8 Å². The van der Waals surface area contributed by atoms with Crippen molar-refractivity contribution in [3.8, 4) is 5.75 Å². The molecule has 2 rings (SSSR count). The summed E-state index contributed by atoms with van der Waals surface area (Å²) >= 11 is 0. The van der Waals surface area contributed by atoms with Crippen LogP contribution in [0.4, 0.5) is 5.69 Å². The standard InChI is InChI=1S/C13H20N2O/c1-15(2)11-4-3-5-12(8-11)16-9-13(14)10-6-7-10/h3-5,8,10,13H,6-7,9,14H2,1-2H3. The third kappa shape index (κ3) is 2.89. The number of hydrogen-bond donors (Lipinski definition) is 1. The van der Waals surface area contributed by atoms with Gasteiger partial charge >= 0.3 is 0 Å². The van der Waals surface area contributed by atoms with Gasteiger partial charge in [0.05, 0.1) is 0 Å². The molecule has 1 saturated carbocycles. The number of nitrogens with zero attached hydrogens (tertiary/aromatic N) is 1. The molecule has 1 atom stereocenters.